The van der Waals surface area contributed by atoms with Crippen LogP contribution in [0, 0.1) is 0 Å². The van der Waals surface area contributed by atoms with Crippen molar-refractivity contribution in [2.45, 2.75) is 23.1 Å². The number of sulfonamides is 2. The van der Waals surface area contributed by atoms with Gasteiger partial charge in [0.2, 0.25) is 10.0 Å². The van der Waals surface area contributed by atoms with E-state index in [1.807, 2.05) is 6.92 Å². The van der Waals surface area contributed by atoms with Crippen molar-refractivity contribution in [1.29, 1.82) is 0 Å². The third kappa shape index (κ3) is 5.28. The van der Waals surface area contributed by atoms with Crippen LogP contribution in [0.1, 0.15) is 23.7 Å². The lowest BCUT2D eigenvalue weighted by Crippen LogP contribution is -2.24. The molecule has 0 heterocycles. The van der Waals surface area contributed by atoms with Gasteiger partial charge < -0.3 is 4.74 Å². The molecule has 0 aliphatic heterocycles. The van der Waals surface area contributed by atoms with Crippen LogP contribution in [-0.4, -0.2) is 36.5 Å². The van der Waals surface area contributed by atoms with Gasteiger partial charge in [-0.3, -0.25) is 4.72 Å². The molecule has 2 aromatic rings. The summed E-state index contributed by atoms with van der Waals surface area (Å²) < 4.78 is 58.3. The molecule has 2 aromatic carbocycles. The zero-order valence-corrected chi connectivity index (χ0v) is 16.4. The smallest absolute Gasteiger partial charge is 0.337 e. The number of benzene rings is 2. The zero-order chi connectivity index (χ0) is 20.1. The molecule has 2 rings (SSSR count). The summed E-state index contributed by atoms with van der Waals surface area (Å²) in [6, 6.07) is 10.6. The van der Waals surface area contributed by atoms with E-state index in [0.29, 0.717) is 13.0 Å². The molecule has 0 aliphatic carbocycles. The third-order valence-electron chi connectivity index (χ3n) is 3.54. The van der Waals surface area contributed by atoms with Crippen molar-refractivity contribution < 1.29 is 26.4 Å². The molecular formula is C17H20N2O6S2. The van der Waals surface area contributed by atoms with Crippen LogP contribution in [0.25, 0.3) is 0 Å². The Morgan fingerprint density at radius 1 is 0.889 bits per heavy atom. The van der Waals surface area contributed by atoms with Crippen LogP contribution in [-0.2, 0) is 24.8 Å². The number of esters is 1. The van der Waals surface area contributed by atoms with E-state index < -0.39 is 26.0 Å². The van der Waals surface area contributed by atoms with Gasteiger partial charge in [-0.05, 0) is 55.0 Å². The van der Waals surface area contributed by atoms with Crippen LogP contribution in [0.3, 0.4) is 0 Å². The van der Waals surface area contributed by atoms with E-state index in [2.05, 4.69) is 14.2 Å². The highest BCUT2D eigenvalue weighted by Crippen LogP contribution is 2.19. The van der Waals surface area contributed by atoms with Crippen molar-refractivity contribution >= 4 is 31.7 Å². The summed E-state index contributed by atoms with van der Waals surface area (Å²) in [7, 11) is -6.28. The Morgan fingerprint density at radius 3 is 1.93 bits per heavy atom. The molecule has 146 valence electrons. The second-order valence-corrected chi connectivity index (χ2v) is 8.99. The summed E-state index contributed by atoms with van der Waals surface area (Å²) in [5, 5.41) is 0. The van der Waals surface area contributed by atoms with Crippen LogP contribution < -0.4 is 9.44 Å². The van der Waals surface area contributed by atoms with Gasteiger partial charge in [-0.2, -0.15) is 0 Å². The first-order chi connectivity index (χ1) is 12.7. The highest BCUT2D eigenvalue weighted by molar-refractivity contribution is 7.92. The van der Waals surface area contributed by atoms with Gasteiger partial charge in [0.1, 0.15) is 0 Å². The van der Waals surface area contributed by atoms with Crippen LogP contribution in [0.5, 0.6) is 0 Å². The highest BCUT2D eigenvalue weighted by atomic mass is 32.2. The van der Waals surface area contributed by atoms with E-state index in [9.17, 15) is 21.6 Å². The molecule has 0 saturated heterocycles. The molecule has 10 heteroatoms. The van der Waals surface area contributed by atoms with Crippen molar-refractivity contribution in [1.82, 2.24) is 4.72 Å². The summed E-state index contributed by atoms with van der Waals surface area (Å²) in [6.07, 6.45) is 0.659. The second-order valence-electron chi connectivity index (χ2n) is 5.54. The quantitative estimate of drug-likeness (QED) is 0.640. The largest absolute Gasteiger partial charge is 0.465 e. The summed E-state index contributed by atoms with van der Waals surface area (Å²) in [5.74, 6) is -0.569. The number of nitrogens with one attached hydrogen (secondary N) is 2. The predicted molar refractivity (Wildman–Crippen MR) is 101 cm³/mol. The zero-order valence-electron chi connectivity index (χ0n) is 14.8. The lowest BCUT2D eigenvalue weighted by Gasteiger charge is -2.10. The molecule has 0 amide bonds. The van der Waals surface area contributed by atoms with Gasteiger partial charge in [0, 0.05) is 12.2 Å². The number of rotatable bonds is 8. The van der Waals surface area contributed by atoms with E-state index in [1.54, 1.807) is 0 Å². The lowest BCUT2D eigenvalue weighted by atomic mass is 10.2. The Bertz CT molecular complexity index is 998. The van der Waals surface area contributed by atoms with Crippen molar-refractivity contribution in [2.24, 2.45) is 0 Å². The van der Waals surface area contributed by atoms with Crippen LogP contribution in [0.4, 0.5) is 5.69 Å². The van der Waals surface area contributed by atoms with Gasteiger partial charge >= 0.3 is 5.97 Å². The molecule has 27 heavy (non-hydrogen) atoms. The molecule has 0 aromatic heterocycles. The number of methoxy groups -OCH3 is 1. The Hall–Kier alpha value is -2.43. The maximum Gasteiger partial charge on any atom is 0.337 e. The molecule has 8 nitrogen and oxygen atoms in total. The van der Waals surface area contributed by atoms with E-state index >= 15 is 0 Å². The Balaban J connectivity index is 2.17. The molecule has 0 radical (unpaired) electrons. The normalized spacial score (nSPS) is 11.8. The Morgan fingerprint density at radius 2 is 1.41 bits per heavy atom. The maximum absolute atomic E-state index is 12.4. The average Bonchev–Trinajstić information content (AvgIpc) is 2.66. The molecule has 0 spiro atoms. The first kappa shape index (κ1) is 20.9. The first-order valence-corrected chi connectivity index (χ1v) is 11.0. The topological polar surface area (TPSA) is 119 Å². The fourth-order valence-electron chi connectivity index (χ4n) is 2.12. The number of hydrogen-bond acceptors (Lipinski definition) is 6. The molecule has 0 atom stereocenters. The van der Waals surface area contributed by atoms with Crippen LogP contribution >= 0.6 is 0 Å². The van der Waals surface area contributed by atoms with Crippen molar-refractivity contribution in [2.75, 3.05) is 18.4 Å². The molecular weight excluding hydrogens is 392 g/mol. The van der Waals surface area contributed by atoms with Gasteiger partial charge in [-0.15, -0.1) is 0 Å². The molecule has 0 aliphatic rings. The maximum atomic E-state index is 12.4. The first-order valence-electron chi connectivity index (χ1n) is 8.00. The van der Waals surface area contributed by atoms with Gasteiger partial charge in [-0.25, -0.2) is 26.4 Å². The minimum atomic E-state index is -3.89. The van der Waals surface area contributed by atoms with Crippen molar-refractivity contribution in [3.8, 4) is 0 Å². The van der Waals surface area contributed by atoms with Crippen LogP contribution in [0.2, 0.25) is 0 Å². The van der Waals surface area contributed by atoms with Crippen molar-refractivity contribution in [3.63, 3.8) is 0 Å². The van der Waals surface area contributed by atoms with E-state index in [-0.39, 0.29) is 21.0 Å². The van der Waals surface area contributed by atoms with Crippen molar-refractivity contribution in [3.05, 3.63) is 54.1 Å². The summed E-state index contributed by atoms with van der Waals surface area (Å²) in [6.45, 7) is 2.16. The minimum Gasteiger partial charge on any atom is -0.465 e. The van der Waals surface area contributed by atoms with Gasteiger partial charge in [0.05, 0.1) is 22.5 Å². The summed E-state index contributed by atoms with van der Waals surface area (Å²) >= 11 is 0. The van der Waals surface area contributed by atoms with Crippen LogP contribution in [0.15, 0.2) is 58.3 Å². The highest BCUT2D eigenvalue weighted by Gasteiger charge is 2.17. The fraction of sp³-hybridized carbons (Fsp3) is 0.235. The molecule has 0 saturated carbocycles. The number of anilines is 1. The minimum absolute atomic E-state index is 0.0429. The summed E-state index contributed by atoms with van der Waals surface area (Å²) in [5.41, 5.74) is 0.437. The van der Waals surface area contributed by atoms with Gasteiger partial charge in [0.15, 0.2) is 0 Å². The lowest BCUT2D eigenvalue weighted by molar-refractivity contribution is 0.0600. The van der Waals surface area contributed by atoms with E-state index in [1.165, 1.54) is 55.6 Å². The van der Waals surface area contributed by atoms with E-state index in [0.717, 1.165) is 0 Å². The number of ether oxygens (including phenoxy) is 1. The summed E-state index contributed by atoms with van der Waals surface area (Å²) in [4.78, 5) is 11.4. The van der Waals surface area contributed by atoms with Gasteiger partial charge in [-0.1, -0.05) is 6.92 Å². The number of carbonyl (C=O) groups is 1. The van der Waals surface area contributed by atoms with Gasteiger partial charge in [0.25, 0.3) is 10.0 Å². The second kappa shape index (κ2) is 8.51. The SMILES string of the molecule is CCCNS(=O)(=O)c1ccc(NS(=O)(=O)c2ccc(C(=O)OC)cc2)cc1. The molecule has 0 unspecified atom stereocenters. The molecule has 0 bridgehead atoms. The Labute approximate surface area is 158 Å². The monoisotopic (exact) mass is 412 g/mol. The van der Waals surface area contributed by atoms with E-state index in [4.69, 9.17) is 0 Å². The molecule has 2 N–H and O–H groups in total. The molecule has 0 fully saturated rings. The predicted octanol–water partition coefficient (Wildman–Crippen LogP) is 1.96. The average molecular weight is 412 g/mol. The standard InChI is InChI=1S/C17H20N2O6S2/c1-3-12-18-26(21,22)15-10-6-14(7-11-15)19-27(23,24)16-8-4-13(5-9-16)17(20)25-2/h4-11,18-19H,3,12H2,1-2H3. The fourth-order valence-corrected chi connectivity index (χ4v) is 4.32. The number of carbonyl (C=O) groups excluding carboxylic acids is 1. The Kier molecular flexibility index (Phi) is 6.58. The number of hydrogen-bond donors (Lipinski definition) is 2. The third-order valence-corrected chi connectivity index (χ3v) is 6.42.